The maximum Gasteiger partial charge on any atom is 0.255 e. The van der Waals surface area contributed by atoms with Crippen LogP contribution in [0.5, 0.6) is 0 Å². The SMILES string of the molecule is O=C1C=CCC2CN([C@H]3c4ccccc4CSc4ccccc43)CN(C3CN(C(=O)C4CC4)C3)C(=O)C2=C1O. The number of hydrogen-bond donors (Lipinski definition) is 1. The maximum atomic E-state index is 14.1. The molecule has 0 aromatic heterocycles. The first-order valence-electron chi connectivity index (χ1n) is 13.8. The fourth-order valence-electron chi connectivity index (χ4n) is 6.44. The van der Waals surface area contributed by atoms with Crippen LogP contribution in [0.1, 0.15) is 42.0 Å². The Bertz CT molecular complexity index is 1380. The molecule has 1 saturated carbocycles. The van der Waals surface area contributed by atoms with E-state index >= 15 is 0 Å². The number of fused-ring (bicyclic) bond motifs is 3. The molecule has 3 aliphatic heterocycles. The van der Waals surface area contributed by atoms with Gasteiger partial charge in [0.15, 0.2) is 5.76 Å². The fraction of sp³-hybridized carbons (Fsp3) is 0.387. The van der Waals surface area contributed by atoms with E-state index in [-0.39, 0.29) is 41.3 Å². The highest BCUT2D eigenvalue weighted by molar-refractivity contribution is 7.98. The number of amides is 2. The lowest BCUT2D eigenvalue weighted by Crippen LogP contribution is -2.64. The van der Waals surface area contributed by atoms with Crippen molar-refractivity contribution in [2.45, 2.75) is 42.0 Å². The average Bonchev–Trinajstić information content (AvgIpc) is 3.78. The van der Waals surface area contributed by atoms with Crippen LogP contribution in [0.25, 0.3) is 0 Å². The average molecular weight is 542 g/mol. The van der Waals surface area contributed by atoms with Crippen LogP contribution in [0.4, 0.5) is 0 Å². The Kier molecular flexibility index (Phi) is 6.12. The lowest BCUT2D eigenvalue weighted by Gasteiger charge is -2.47. The number of aliphatic hydroxyl groups excluding tert-OH is 1. The summed E-state index contributed by atoms with van der Waals surface area (Å²) >= 11 is 1.83. The largest absolute Gasteiger partial charge is 0.504 e. The molecule has 7 rings (SSSR count). The molecule has 8 heteroatoms. The van der Waals surface area contributed by atoms with Gasteiger partial charge in [-0.1, -0.05) is 48.5 Å². The lowest BCUT2D eigenvalue weighted by atomic mass is 9.90. The third kappa shape index (κ3) is 4.30. The van der Waals surface area contributed by atoms with E-state index in [1.165, 1.54) is 27.7 Å². The van der Waals surface area contributed by atoms with E-state index in [0.717, 1.165) is 18.6 Å². The van der Waals surface area contributed by atoms with Gasteiger partial charge >= 0.3 is 0 Å². The van der Waals surface area contributed by atoms with Crippen LogP contribution in [-0.2, 0) is 20.1 Å². The summed E-state index contributed by atoms with van der Waals surface area (Å²) in [4.78, 5) is 46.7. The molecule has 2 atom stereocenters. The van der Waals surface area contributed by atoms with Crippen molar-refractivity contribution in [2.75, 3.05) is 26.3 Å². The van der Waals surface area contributed by atoms with Gasteiger partial charge in [-0.05, 0) is 48.1 Å². The number of thioether (sulfide) groups is 1. The summed E-state index contributed by atoms with van der Waals surface area (Å²) in [5, 5.41) is 11.0. The van der Waals surface area contributed by atoms with Gasteiger partial charge < -0.3 is 14.9 Å². The topological polar surface area (TPSA) is 81.2 Å². The minimum Gasteiger partial charge on any atom is -0.504 e. The van der Waals surface area contributed by atoms with Crippen LogP contribution in [-0.4, -0.2) is 69.7 Å². The predicted molar refractivity (Wildman–Crippen MR) is 148 cm³/mol. The molecule has 2 aliphatic carbocycles. The van der Waals surface area contributed by atoms with Crippen molar-refractivity contribution >= 4 is 29.4 Å². The molecule has 2 amide bonds. The van der Waals surface area contributed by atoms with E-state index in [1.54, 1.807) is 6.08 Å². The molecule has 1 N–H and O–H groups in total. The van der Waals surface area contributed by atoms with Gasteiger partial charge in [0, 0.05) is 42.1 Å². The summed E-state index contributed by atoms with van der Waals surface area (Å²) in [6.07, 6.45) is 5.56. The normalized spacial score (nSPS) is 25.7. The second kappa shape index (κ2) is 9.68. The predicted octanol–water partition coefficient (Wildman–Crippen LogP) is 4.06. The van der Waals surface area contributed by atoms with E-state index in [4.69, 9.17) is 0 Å². The zero-order valence-electron chi connectivity index (χ0n) is 21.7. The van der Waals surface area contributed by atoms with Crippen molar-refractivity contribution in [3.63, 3.8) is 0 Å². The Morgan fingerprint density at radius 1 is 0.949 bits per heavy atom. The zero-order chi connectivity index (χ0) is 26.7. The molecule has 2 aromatic rings. The Balaban J connectivity index is 1.31. The number of rotatable bonds is 3. The number of aliphatic hydroxyl groups is 1. The molecule has 3 heterocycles. The number of carbonyl (C=O) groups excluding carboxylic acids is 3. The van der Waals surface area contributed by atoms with E-state index in [9.17, 15) is 19.5 Å². The first-order valence-corrected chi connectivity index (χ1v) is 14.8. The third-order valence-corrected chi connectivity index (χ3v) is 9.86. The first-order chi connectivity index (χ1) is 19.0. The van der Waals surface area contributed by atoms with Gasteiger partial charge in [0.2, 0.25) is 11.7 Å². The molecule has 7 nitrogen and oxygen atoms in total. The molecule has 39 heavy (non-hydrogen) atoms. The number of nitrogens with zero attached hydrogens (tertiary/aromatic N) is 3. The van der Waals surface area contributed by atoms with Crippen molar-refractivity contribution in [3.8, 4) is 0 Å². The Labute approximate surface area is 232 Å². The minimum absolute atomic E-state index is 0.0867. The van der Waals surface area contributed by atoms with Crippen molar-refractivity contribution in [2.24, 2.45) is 11.8 Å². The Morgan fingerprint density at radius 2 is 1.69 bits per heavy atom. The molecule has 0 bridgehead atoms. The molecule has 0 radical (unpaired) electrons. The van der Waals surface area contributed by atoms with Gasteiger partial charge in [0.05, 0.1) is 24.3 Å². The third-order valence-electron chi connectivity index (χ3n) is 8.72. The van der Waals surface area contributed by atoms with Crippen LogP contribution in [0.15, 0.2) is 76.9 Å². The molecular formula is C31H31N3O4S. The van der Waals surface area contributed by atoms with Gasteiger partial charge in [-0.2, -0.15) is 0 Å². The number of hydrogen-bond acceptors (Lipinski definition) is 6. The second-order valence-electron chi connectivity index (χ2n) is 11.2. The molecule has 5 aliphatic rings. The zero-order valence-corrected chi connectivity index (χ0v) is 22.5. The Morgan fingerprint density at radius 3 is 2.49 bits per heavy atom. The maximum absolute atomic E-state index is 14.1. The molecule has 3 fully saturated rings. The summed E-state index contributed by atoms with van der Waals surface area (Å²) in [5.74, 6) is -0.366. The van der Waals surface area contributed by atoms with Gasteiger partial charge in [0.25, 0.3) is 5.91 Å². The van der Waals surface area contributed by atoms with E-state index < -0.39 is 11.5 Å². The summed E-state index contributed by atoms with van der Waals surface area (Å²) in [6, 6.07) is 16.7. The molecular weight excluding hydrogens is 510 g/mol. The highest BCUT2D eigenvalue weighted by atomic mass is 32.2. The Hall–Kier alpha value is -3.36. The standard InChI is InChI=1S/C31H31N3O4S/c35-25-10-5-7-20-14-33(28-23-8-2-1-6-21(23)17-39-26-11-4-3-9-24(26)28)18-34(31(38)27(20)29(25)36)22-15-32(16-22)30(37)19-12-13-19/h1-6,8-11,19-20,22,28,36H,7,12-18H2/t20?,28-/m0/s1. The van der Waals surface area contributed by atoms with Gasteiger partial charge in [-0.25, -0.2) is 0 Å². The van der Waals surface area contributed by atoms with E-state index in [0.29, 0.717) is 32.7 Å². The van der Waals surface area contributed by atoms with Crippen molar-refractivity contribution in [3.05, 3.63) is 88.7 Å². The number of likely N-dealkylation sites (tertiary alicyclic amines) is 1. The summed E-state index contributed by atoms with van der Waals surface area (Å²) in [7, 11) is 0. The van der Waals surface area contributed by atoms with Crippen LogP contribution in [0.3, 0.4) is 0 Å². The smallest absolute Gasteiger partial charge is 0.255 e. The first kappa shape index (κ1) is 24.7. The number of benzene rings is 2. The fourth-order valence-corrected chi connectivity index (χ4v) is 7.53. The quantitative estimate of drug-likeness (QED) is 0.631. The van der Waals surface area contributed by atoms with Crippen molar-refractivity contribution in [1.82, 2.24) is 14.7 Å². The summed E-state index contributed by atoms with van der Waals surface area (Å²) < 4.78 is 0. The van der Waals surface area contributed by atoms with E-state index in [1.807, 2.05) is 21.6 Å². The van der Waals surface area contributed by atoms with Gasteiger partial charge in [-0.3, -0.25) is 19.3 Å². The minimum atomic E-state index is -0.519. The van der Waals surface area contributed by atoms with Crippen LogP contribution in [0.2, 0.25) is 0 Å². The summed E-state index contributed by atoms with van der Waals surface area (Å²) in [5.41, 5.74) is 3.91. The second-order valence-corrected chi connectivity index (χ2v) is 12.3. The molecule has 2 saturated heterocycles. The number of allylic oxidation sites excluding steroid dienone is 2. The summed E-state index contributed by atoms with van der Waals surface area (Å²) in [6.45, 7) is 1.87. The highest BCUT2D eigenvalue weighted by Gasteiger charge is 2.47. The molecule has 1 unspecified atom stereocenters. The van der Waals surface area contributed by atoms with Crippen LogP contribution >= 0.6 is 11.8 Å². The van der Waals surface area contributed by atoms with Crippen molar-refractivity contribution in [1.29, 1.82) is 0 Å². The molecule has 2 aromatic carbocycles. The van der Waals surface area contributed by atoms with E-state index in [2.05, 4.69) is 53.4 Å². The number of carbonyl (C=O) groups is 3. The van der Waals surface area contributed by atoms with Crippen LogP contribution in [0, 0.1) is 11.8 Å². The number of ketones is 1. The van der Waals surface area contributed by atoms with Gasteiger partial charge in [-0.15, -0.1) is 11.8 Å². The van der Waals surface area contributed by atoms with Crippen LogP contribution < -0.4 is 0 Å². The molecule has 0 spiro atoms. The van der Waals surface area contributed by atoms with Crippen molar-refractivity contribution < 1.29 is 19.5 Å². The monoisotopic (exact) mass is 541 g/mol. The van der Waals surface area contributed by atoms with Gasteiger partial charge in [0.1, 0.15) is 0 Å². The highest BCUT2D eigenvalue weighted by Crippen LogP contribution is 2.44. The lowest BCUT2D eigenvalue weighted by molar-refractivity contribution is -0.147. The molecule has 200 valence electrons.